The van der Waals surface area contributed by atoms with Crippen LogP contribution in [0.15, 0.2) is 79.0 Å². The molecule has 8 nitrogen and oxygen atoms in total. The maximum absolute atomic E-state index is 13.1. The summed E-state index contributed by atoms with van der Waals surface area (Å²) in [6.45, 7) is 3.58. The first-order valence-corrected chi connectivity index (χ1v) is 13.8. The second-order valence-electron chi connectivity index (χ2n) is 10.9. The summed E-state index contributed by atoms with van der Waals surface area (Å²) in [6.07, 6.45) is 4.19. The smallest absolute Gasteiger partial charge is 0.231 e. The van der Waals surface area contributed by atoms with Crippen LogP contribution in [0.3, 0.4) is 0 Å². The topological polar surface area (TPSA) is 82.7 Å². The predicted octanol–water partition coefficient (Wildman–Crippen LogP) is 2.95. The van der Waals surface area contributed by atoms with Gasteiger partial charge in [-0.05, 0) is 34.7 Å². The SMILES string of the molecule is O=C(NCc1ccc2c(c1)OCO2)[C@H]1C[NH+]2CC[C@@H]1C[C@@H]2Cn1cc(-c2ccc(-c3ccccc3)cc2)nn1. The van der Waals surface area contributed by atoms with Crippen LogP contribution in [-0.2, 0) is 17.9 Å². The highest BCUT2D eigenvalue weighted by atomic mass is 16.7. The summed E-state index contributed by atoms with van der Waals surface area (Å²) in [5.74, 6) is 2.15. The van der Waals surface area contributed by atoms with Crippen LogP contribution in [0.4, 0.5) is 0 Å². The molecule has 0 radical (unpaired) electrons. The Hall–Kier alpha value is -4.17. The maximum Gasteiger partial charge on any atom is 0.231 e. The van der Waals surface area contributed by atoms with Crippen LogP contribution in [0, 0.1) is 11.8 Å². The Morgan fingerprint density at radius 3 is 2.59 bits per heavy atom. The molecule has 3 aromatic carbocycles. The van der Waals surface area contributed by atoms with Crippen molar-refractivity contribution in [3.8, 4) is 33.9 Å². The molecule has 0 saturated carbocycles. The Bertz CT molecular complexity index is 1470. The number of piperidine rings is 3. The number of amides is 1. The lowest BCUT2D eigenvalue weighted by Gasteiger charge is -2.46. The highest BCUT2D eigenvalue weighted by Crippen LogP contribution is 2.33. The second kappa shape index (κ2) is 10.2. The first-order chi connectivity index (χ1) is 19.2. The molecule has 2 bridgehead atoms. The van der Waals surface area contributed by atoms with Gasteiger partial charge >= 0.3 is 0 Å². The summed E-state index contributed by atoms with van der Waals surface area (Å²) >= 11 is 0. The van der Waals surface area contributed by atoms with Crippen molar-refractivity contribution in [3.05, 3.63) is 84.6 Å². The van der Waals surface area contributed by atoms with E-state index in [4.69, 9.17) is 9.47 Å². The molecular formula is C31H32N5O3+. The van der Waals surface area contributed by atoms with E-state index in [9.17, 15) is 4.79 Å². The number of quaternary nitrogens is 1. The molecule has 3 saturated heterocycles. The quantitative estimate of drug-likeness (QED) is 0.390. The molecule has 0 aliphatic carbocycles. The predicted molar refractivity (Wildman–Crippen MR) is 146 cm³/mol. The van der Waals surface area contributed by atoms with Crippen molar-refractivity contribution in [1.29, 1.82) is 0 Å². The molecule has 2 N–H and O–H groups in total. The van der Waals surface area contributed by atoms with Gasteiger partial charge in [-0.2, -0.15) is 0 Å². The number of carbonyl (C=O) groups excluding carboxylic acids is 1. The van der Waals surface area contributed by atoms with E-state index in [1.165, 1.54) is 16.0 Å². The maximum atomic E-state index is 13.1. The molecule has 1 amide bonds. The minimum absolute atomic E-state index is 0.0634. The number of fused-ring (bicyclic) bond motifs is 4. The molecule has 3 fully saturated rings. The fourth-order valence-electron chi connectivity index (χ4n) is 6.40. The van der Waals surface area contributed by atoms with Crippen LogP contribution in [0.5, 0.6) is 11.5 Å². The van der Waals surface area contributed by atoms with E-state index < -0.39 is 0 Å². The van der Waals surface area contributed by atoms with Crippen molar-refractivity contribution < 1.29 is 19.2 Å². The highest BCUT2D eigenvalue weighted by molar-refractivity contribution is 5.79. The van der Waals surface area contributed by atoms with Crippen LogP contribution in [-0.4, -0.2) is 46.8 Å². The van der Waals surface area contributed by atoms with Crippen molar-refractivity contribution >= 4 is 5.91 Å². The van der Waals surface area contributed by atoms with E-state index in [0.29, 0.717) is 18.5 Å². The van der Waals surface area contributed by atoms with Gasteiger partial charge in [-0.15, -0.1) is 5.10 Å². The first kappa shape index (κ1) is 23.9. The largest absolute Gasteiger partial charge is 0.454 e. The molecule has 4 aliphatic heterocycles. The van der Waals surface area contributed by atoms with Crippen LogP contribution in [0.2, 0.25) is 0 Å². The van der Waals surface area contributed by atoms with Gasteiger partial charge in [-0.3, -0.25) is 4.79 Å². The van der Waals surface area contributed by atoms with Crippen molar-refractivity contribution in [2.45, 2.75) is 32.0 Å². The molecule has 4 aromatic rings. The highest BCUT2D eigenvalue weighted by Gasteiger charge is 2.46. The molecule has 39 heavy (non-hydrogen) atoms. The monoisotopic (exact) mass is 522 g/mol. The summed E-state index contributed by atoms with van der Waals surface area (Å²) in [5.41, 5.74) is 5.38. The molecule has 8 heteroatoms. The molecule has 4 aliphatic rings. The fourth-order valence-corrected chi connectivity index (χ4v) is 6.40. The number of benzene rings is 3. The Morgan fingerprint density at radius 1 is 0.974 bits per heavy atom. The van der Waals surface area contributed by atoms with E-state index in [1.54, 1.807) is 0 Å². The number of ether oxygens (including phenoxy) is 2. The van der Waals surface area contributed by atoms with Crippen LogP contribution in [0.25, 0.3) is 22.4 Å². The number of carbonyl (C=O) groups is 1. The van der Waals surface area contributed by atoms with E-state index in [-0.39, 0.29) is 18.6 Å². The number of nitrogens with zero attached hydrogens (tertiary/aromatic N) is 3. The number of rotatable bonds is 7. The summed E-state index contributed by atoms with van der Waals surface area (Å²) in [6, 6.07) is 25.2. The van der Waals surface area contributed by atoms with E-state index in [0.717, 1.165) is 60.8 Å². The van der Waals surface area contributed by atoms with Crippen LogP contribution in [0.1, 0.15) is 18.4 Å². The zero-order valence-corrected chi connectivity index (χ0v) is 21.8. The summed E-state index contributed by atoms with van der Waals surface area (Å²) < 4.78 is 12.8. The van der Waals surface area contributed by atoms with Crippen molar-refractivity contribution in [3.63, 3.8) is 0 Å². The zero-order valence-electron chi connectivity index (χ0n) is 21.8. The average molecular weight is 523 g/mol. The molecule has 0 spiro atoms. The van der Waals surface area contributed by atoms with Gasteiger partial charge in [0, 0.05) is 24.9 Å². The van der Waals surface area contributed by atoms with Crippen molar-refractivity contribution in [1.82, 2.24) is 20.3 Å². The number of aromatic nitrogens is 3. The summed E-state index contributed by atoms with van der Waals surface area (Å²) in [7, 11) is 0. The van der Waals surface area contributed by atoms with Gasteiger partial charge in [0.1, 0.15) is 11.7 Å². The lowest BCUT2D eigenvalue weighted by atomic mass is 9.75. The minimum Gasteiger partial charge on any atom is -0.454 e. The Kier molecular flexibility index (Phi) is 6.25. The second-order valence-corrected chi connectivity index (χ2v) is 10.9. The molecule has 1 aromatic heterocycles. The lowest BCUT2D eigenvalue weighted by Crippen LogP contribution is -3.20. The Labute approximate surface area is 227 Å². The molecular weight excluding hydrogens is 490 g/mol. The van der Waals surface area contributed by atoms with Gasteiger partial charge in [-0.25, -0.2) is 4.68 Å². The average Bonchev–Trinajstić information content (AvgIpc) is 3.66. The third kappa shape index (κ3) is 4.88. The Morgan fingerprint density at radius 2 is 1.77 bits per heavy atom. The number of hydrogen-bond donors (Lipinski definition) is 2. The van der Waals surface area contributed by atoms with Gasteiger partial charge in [-0.1, -0.05) is 65.9 Å². The van der Waals surface area contributed by atoms with Gasteiger partial charge in [0.2, 0.25) is 12.7 Å². The van der Waals surface area contributed by atoms with Crippen LogP contribution >= 0.6 is 0 Å². The third-order valence-corrected chi connectivity index (χ3v) is 8.53. The first-order valence-electron chi connectivity index (χ1n) is 13.8. The fraction of sp³-hybridized carbons (Fsp3) is 0.323. The summed E-state index contributed by atoms with van der Waals surface area (Å²) in [4.78, 5) is 14.6. The zero-order chi connectivity index (χ0) is 26.2. The molecule has 5 heterocycles. The number of hydrogen-bond acceptors (Lipinski definition) is 5. The minimum atomic E-state index is 0.0634. The molecule has 4 atom stereocenters. The van der Waals surface area contributed by atoms with Gasteiger partial charge in [0.25, 0.3) is 0 Å². The van der Waals surface area contributed by atoms with Crippen LogP contribution < -0.4 is 19.7 Å². The molecule has 8 rings (SSSR count). The van der Waals surface area contributed by atoms with Crippen molar-refractivity contribution in [2.24, 2.45) is 11.8 Å². The van der Waals surface area contributed by atoms with E-state index >= 15 is 0 Å². The number of nitrogens with one attached hydrogen (secondary N) is 2. The third-order valence-electron chi connectivity index (χ3n) is 8.53. The van der Waals surface area contributed by atoms with E-state index in [1.807, 2.05) is 28.9 Å². The van der Waals surface area contributed by atoms with E-state index in [2.05, 4.69) is 70.4 Å². The standard InChI is InChI=1S/C31H31N5O3/c37-31(32-16-21-6-11-29-30(14-21)39-20-38-29)27-18-35-13-12-25(27)15-26(35)17-36-19-28(33-34-36)24-9-7-23(8-10-24)22-4-2-1-3-5-22/h1-11,14,19,25-27H,12-13,15-18,20H2,(H,32,37)/p+1/t25-,26-,27+/m1/s1. The van der Waals surface area contributed by atoms with Gasteiger partial charge in [0.15, 0.2) is 11.5 Å². The van der Waals surface area contributed by atoms with Gasteiger partial charge < -0.3 is 19.7 Å². The van der Waals surface area contributed by atoms with Crippen molar-refractivity contribution in [2.75, 3.05) is 19.9 Å². The molecule has 198 valence electrons. The Balaban J connectivity index is 0.951. The lowest BCUT2D eigenvalue weighted by molar-refractivity contribution is -0.945. The van der Waals surface area contributed by atoms with Gasteiger partial charge in [0.05, 0.1) is 31.7 Å². The molecule has 1 unspecified atom stereocenters. The summed E-state index contributed by atoms with van der Waals surface area (Å²) in [5, 5.41) is 12.1. The normalized spacial score (nSPS) is 23.1.